The molecular formula is C18H27N3O3. The smallest absolute Gasteiger partial charge is 0.308 e. The summed E-state index contributed by atoms with van der Waals surface area (Å²) < 4.78 is 0. The highest BCUT2D eigenvalue weighted by molar-refractivity contribution is 5.82. The quantitative estimate of drug-likeness (QED) is 0.780. The third kappa shape index (κ3) is 6.29. The van der Waals surface area contributed by atoms with E-state index in [-0.39, 0.29) is 12.3 Å². The summed E-state index contributed by atoms with van der Waals surface area (Å²) in [5, 5.41) is 12.3. The lowest BCUT2D eigenvalue weighted by molar-refractivity contribution is -0.144. The van der Waals surface area contributed by atoms with E-state index in [4.69, 9.17) is 0 Å². The molecule has 1 aliphatic rings. The number of nitrogens with zero attached hydrogens (tertiary/aromatic N) is 2. The van der Waals surface area contributed by atoms with Crippen molar-refractivity contribution < 1.29 is 14.7 Å². The Kier molecular flexibility index (Phi) is 7.21. The molecule has 1 aliphatic heterocycles. The fourth-order valence-corrected chi connectivity index (χ4v) is 2.92. The van der Waals surface area contributed by atoms with Crippen LogP contribution in [0, 0.1) is 5.92 Å². The highest BCUT2D eigenvalue weighted by Crippen LogP contribution is 2.10. The number of benzene rings is 1. The largest absolute Gasteiger partial charge is 0.481 e. The molecule has 0 saturated carbocycles. The molecule has 0 unspecified atom stereocenters. The monoisotopic (exact) mass is 333 g/mol. The number of hydrogen-bond donors (Lipinski definition) is 2. The number of amides is 1. The zero-order valence-electron chi connectivity index (χ0n) is 14.3. The summed E-state index contributed by atoms with van der Waals surface area (Å²) in [7, 11) is 2.08. The molecule has 24 heavy (non-hydrogen) atoms. The van der Waals surface area contributed by atoms with Gasteiger partial charge in [-0.15, -0.1) is 0 Å². The first-order valence-electron chi connectivity index (χ1n) is 8.49. The van der Waals surface area contributed by atoms with Crippen molar-refractivity contribution in [2.24, 2.45) is 5.92 Å². The Morgan fingerprint density at radius 2 is 1.92 bits per heavy atom. The molecule has 2 N–H and O–H groups in total. The minimum Gasteiger partial charge on any atom is -0.481 e. The van der Waals surface area contributed by atoms with Crippen molar-refractivity contribution in [3.8, 4) is 0 Å². The predicted molar refractivity (Wildman–Crippen MR) is 92.6 cm³/mol. The van der Waals surface area contributed by atoms with Crippen LogP contribution in [-0.2, 0) is 16.1 Å². The molecule has 0 radical (unpaired) electrons. The van der Waals surface area contributed by atoms with Crippen LogP contribution in [0.3, 0.4) is 0 Å². The van der Waals surface area contributed by atoms with E-state index >= 15 is 0 Å². The zero-order valence-corrected chi connectivity index (χ0v) is 14.3. The second kappa shape index (κ2) is 9.39. The lowest BCUT2D eigenvalue weighted by Gasteiger charge is -2.23. The Bertz CT molecular complexity index is 536. The molecule has 0 aliphatic carbocycles. The van der Waals surface area contributed by atoms with Crippen LogP contribution in [0.2, 0.25) is 0 Å². The van der Waals surface area contributed by atoms with Crippen molar-refractivity contribution in [3.63, 3.8) is 0 Å². The number of aliphatic carboxylic acids is 1. The van der Waals surface area contributed by atoms with Crippen LogP contribution in [-0.4, -0.2) is 66.6 Å². The summed E-state index contributed by atoms with van der Waals surface area (Å²) in [6, 6.07) is 9.62. The summed E-state index contributed by atoms with van der Waals surface area (Å²) in [6.07, 6.45) is 1.05. The van der Waals surface area contributed by atoms with Crippen LogP contribution >= 0.6 is 0 Å². The van der Waals surface area contributed by atoms with E-state index in [0.29, 0.717) is 13.1 Å². The maximum Gasteiger partial charge on any atom is 0.308 e. The number of hydrogen-bond acceptors (Lipinski definition) is 4. The number of carbonyl (C=O) groups is 2. The Morgan fingerprint density at radius 1 is 1.17 bits per heavy atom. The third-order valence-corrected chi connectivity index (χ3v) is 4.40. The molecule has 132 valence electrons. The lowest BCUT2D eigenvalue weighted by Crippen LogP contribution is -2.38. The van der Waals surface area contributed by atoms with Gasteiger partial charge in [0.25, 0.3) is 0 Å². The van der Waals surface area contributed by atoms with Gasteiger partial charge in [0.1, 0.15) is 0 Å². The minimum absolute atomic E-state index is 0.0223. The number of likely N-dealkylation sites (N-methyl/N-ethyl adjacent to an activating group) is 1. The fraction of sp³-hybridized carbons (Fsp3) is 0.556. The van der Waals surface area contributed by atoms with Gasteiger partial charge in [-0.2, -0.15) is 0 Å². The first-order valence-corrected chi connectivity index (χ1v) is 8.49. The first-order chi connectivity index (χ1) is 11.5. The molecule has 1 aromatic rings. The van der Waals surface area contributed by atoms with E-state index in [2.05, 4.69) is 22.2 Å². The molecule has 2 rings (SSSR count). The zero-order chi connectivity index (χ0) is 17.4. The Hall–Kier alpha value is -1.92. The molecule has 0 spiro atoms. The molecule has 1 heterocycles. The van der Waals surface area contributed by atoms with Crippen LogP contribution < -0.4 is 5.32 Å². The number of carboxylic acids is 1. The summed E-state index contributed by atoms with van der Waals surface area (Å²) in [6.45, 7) is 4.58. The van der Waals surface area contributed by atoms with E-state index in [1.165, 1.54) is 0 Å². The van der Waals surface area contributed by atoms with Crippen LogP contribution in [0.5, 0.6) is 0 Å². The van der Waals surface area contributed by atoms with E-state index in [0.717, 1.165) is 38.2 Å². The number of rotatable bonds is 7. The molecule has 0 aromatic heterocycles. The van der Waals surface area contributed by atoms with Crippen molar-refractivity contribution in [1.29, 1.82) is 0 Å². The van der Waals surface area contributed by atoms with Crippen molar-refractivity contribution in [3.05, 3.63) is 35.9 Å². The SMILES string of the molecule is CN1CCCN(C[C@H](CC(=O)NCc2ccccc2)C(=O)O)CC1. The molecule has 1 atom stereocenters. The van der Waals surface area contributed by atoms with E-state index in [1.807, 2.05) is 30.3 Å². The number of nitrogens with one attached hydrogen (secondary N) is 1. The van der Waals surface area contributed by atoms with Gasteiger partial charge in [0.15, 0.2) is 0 Å². The first kappa shape index (κ1) is 18.4. The Labute approximate surface area is 143 Å². The summed E-state index contributed by atoms with van der Waals surface area (Å²) in [4.78, 5) is 28.0. The minimum atomic E-state index is -0.900. The molecule has 1 fully saturated rings. The van der Waals surface area contributed by atoms with Gasteiger partial charge < -0.3 is 20.2 Å². The van der Waals surface area contributed by atoms with Crippen molar-refractivity contribution in [2.45, 2.75) is 19.4 Å². The molecule has 0 bridgehead atoms. The van der Waals surface area contributed by atoms with E-state index in [9.17, 15) is 14.7 Å². The molecule has 6 heteroatoms. The maximum atomic E-state index is 12.1. The van der Waals surface area contributed by atoms with Crippen LogP contribution in [0.1, 0.15) is 18.4 Å². The van der Waals surface area contributed by atoms with Gasteiger partial charge >= 0.3 is 5.97 Å². The standard InChI is InChI=1S/C18H27N3O3/c1-20-8-5-9-21(11-10-20)14-16(18(23)24)12-17(22)19-13-15-6-3-2-4-7-15/h2-4,6-7,16H,5,8-14H2,1H3,(H,19,22)(H,23,24)/t16-/m0/s1. The summed E-state index contributed by atoms with van der Waals surface area (Å²) >= 11 is 0. The average molecular weight is 333 g/mol. The van der Waals surface area contributed by atoms with Crippen molar-refractivity contribution in [1.82, 2.24) is 15.1 Å². The molecular weight excluding hydrogens is 306 g/mol. The van der Waals surface area contributed by atoms with Gasteiger partial charge in [-0.25, -0.2) is 0 Å². The lowest BCUT2D eigenvalue weighted by atomic mass is 10.0. The van der Waals surface area contributed by atoms with Crippen LogP contribution in [0.25, 0.3) is 0 Å². The summed E-state index contributed by atoms with van der Waals surface area (Å²) in [5.74, 6) is -1.77. The van der Waals surface area contributed by atoms with Gasteiger partial charge in [-0.05, 0) is 32.1 Å². The number of carbonyl (C=O) groups excluding carboxylic acids is 1. The maximum absolute atomic E-state index is 12.1. The second-order valence-corrected chi connectivity index (χ2v) is 6.46. The van der Waals surface area contributed by atoms with Gasteiger partial charge in [0.2, 0.25) is 5.91 Å². The van der Waals surface area contributed by atoms with Crippen LogP contribution in [0.15, 0.2) is 30.3 Å². The molecule has 1 saturated heterocycles. The van der Waals surface area contributed by atoms with Crippen molar-refractivity contribution in [2.75, 3.05) is 39.8 Å². The third-order valence-electron chi connectivity index (χ3n) is 4.40. The van der Waals surface area contributed by atoms with Gasteiger partial charge in [0.05, 0.1) is 5.92 Å². The van der Waals surface area contributed by atoms with E-state index in [1.54, 1.807) is 0 Å². The van der Waals surface area contributed by atoms with E-state index < -0.39 is 11.9 Å². The number of carboxylic acid groups (broad SMARTS) is 1. The second-order valence-electron chi connectivity index (χ2n) is 6.46. The average Bonchev–Trinajstić information content (AvgIpc) is 2.77. The highest BCUT2D eigenvalue weighted by atomic mass is 16.4. The molecule has 6 nitrogen and oxygen atoms in total. The Morgan fingerprint density at radius 3 is 2.62 bits per heavy atom. The normalized spacial score (nSPS) is 17.9. The van der Waals surface area contributed by atoms with Crippen LogP contribution in [0.4, 0.5) is 0 Å². The molecule has 1 aromatic carbocycles. The van der Waals surface area contributed by atoms with Gasteiger partial charge in [-0.3, -0.25) is 9.59 Å². The predicted octanol–water partition coefficient (Wildman–Crippen LogP) is 1.03. The van der Waals surface area contributed by atoms with Crippen molar-refractivity contribution >= 4 is 11.9 Å². The summed E-state index contributed by atoms with van der Waals surface area (Å²) in [5.41, 5.74) is 1.01. The molecule has 1 amide bonds. The topological polar surface area (TPSA) is 72.9 Å². The van der Waals surface area contributed by atoms with Gasteiger partial charge in [-0.1, -0.05) is 30.3 Å². The highest BCUT2D eigenvalue weighted by Gasteiger charge is 2.25. The Balaban J connectivity index is 1.81. The fourth-order valence-electron chi connectivity index (χ4n) is 2.92. The van der Waals surface area contributed by atoms with Gasteiger partial charge in [0, 0.05) is 32.6 Å².